The highest BCUT2D eigenvalue weighted by Crippen LogP contribution is 2.22. The van der Waals surface area contributed by atoms with Gasteiger partial charge in [0.05, 0.1) is 62.3 Å². The quantitative estimate of drug-likeness (QED) is 0.0999. The summed E-state index contributed by atoms with van der Waals surface area (Å²) >= 11 is 0. The summed E-state index contributed by atoms with van der Waals surface area (Å²) < 4.78 is 9.05. The third-order valence-corrected chi connectivity index (χ3v) is 7.92. The van der Waals surface area contributed by atoms with Crippen LogP contribution in [0.2, 0.25) is 0 Å². The predicted molar refractivity (Wildman–Crippen MR) is 189 cm³/mol. The third-order valence-electron chi connectivity index (χ3n) is 7.92. The van der Waals surface area contributed by atoms with Gasteiger partial charge in [0.1, 0.15) is 23.7 Å². The number of aromatic nitrogens is 4. The van der Waals surface area contributed by atoms with Crippen molar-refractivity contribution in [1.82, 2.24) is 41.2 Å². The molecule has 8 N–H and O–H groups in total. The summed E-state index contributed by atoms with van der Waals surface area (Å²) in [5, 5.41) is 29.9. The number of imidazole rings is 2. The summed E-state index contributed by atoms with van der Waals surface area (Å²) in [5.74, 6) is 6.11. The van der Waals surface area contributed by atoms with Gasteiger partial charge in [-0.2, -0.15) is 0 Å². The molecule has 2 heterocycles. The van der Waals surface area contributed by atoms with Crippen molar-refractivity contribution in [3.8, 4) is 34.4 Å². The van der Waals surface area contributed by atoms with Crippen molar-refractivity contribution in [2.24, 2.45) is 0 Å². The molecule has 0 aliphatic carbocycles. The van der Waals surface area contributed by atoms with Gasteiger partial charge < -0.3 is 50.9 Å². The molecular formula is C36H42N8O8. The molecule has 274 valence electrons. The summed E-state index contributed by atoms with van der Waals surface area (Å²) in [6.07, 6.45) is -0.662. The van der Waals surface area contributed by atoms with Crippen LogP contribution in [0.25, 0.3) is 22.5 Å². The molecule has 4 amide bonds. The Morgan fingerprint density at radius 2 is 0.962 bits per heavy atom. The Kier molecular flexibility index (Phi) is 13.1. The summed E-state index contributed by atoms with van der Waals surface area (Å²) in [7, 11) is 2.33. The number of amides is 4. The van der Waals surface area contributed by atoms with Crippen molar-refractivity contribution >= 4 is 24.0 Å². The van der Waals surface area contributed by atoms with E-state index in [4.69, 9.17) is 0 Å². The normalized spacial score (nSPS) is 14.2. The number of carbonyl (C=O) groups is 4. The van der Waals surface area contributed by atoms with Gasteiger partial charge in [0.2, 0.25) is 11.8 Å². The lowest BCUT2D eigenvalue weighted by Gasteiger charge is -2.22. The second-order valence-corrected chi connectivity index (χ2v) is 11.9. The smallest absolute Gasteiger partial charge is 0.407 e. The maximum Gasteiger partial charge on any atom is 0.407 e. The fraction of sp³-hybridized carbons (Fsp3) is 0.333. The van der Waals surface area contributed by atoms with E-state index in [0.717, 1.165) is 33.6 Å². The number of aliphatic hydroxyl groups excluding tert-OH is 2. The topological polar surface area (TPSA) is 233 Å². The Morgan fingerprint density at radius 1 is 0.615 bits per heavy atom. The summed E-state index contributed by atoms with van der Waals surface area (Å²) in [4.78, 5) is 63.6. The van der Waals surface area contributed by atoms with Crippen molar-refractivity contribution in [2.45, 2.75) is 64.1 Å². The second kappa shape index (κ2) is 17.7. The number of hydrogen-bond donors (Lipinski definition) is 8. The standard InChI is InChI=1S/C36H42N8O8/c1-19(39-33(47)29(21(3)45)43-35(49)51-5)31-37-17-27(41-31)25-13-9-23(10-14-25)7-8-24-11-15-26(16-12-24)28-18-38-32(42-28)20(2)40-34(48)30(22(4)46)44-36(50)52-6/h9-22,29-30,45-46H,1-6H3,(H,37,41)(H,38,42)(H,39,47)(H,40,48)(H,43,49)(H,44,50)/t19-,20-,21+,22+,29-,30-/m0/s1. The zero-order valence-electron chi connectivity index (χ0n) is 29.5. The lowest BCUT2D eigenvalue weighted by atomic mass is 10.1. The maximum absolute atomic E-state index is 12.7. The van der Waals surface area contributed by atoms with Gasteiger partial charge in [-0.05, 0) is 63.1 Å². The summed E-state index contributed by atoms with van der Waals surface area (Å²) in [6.45, 7) is 6.23. The van der Waals surface area contributed by atoms with Crippen LogP contribution >= 0.6 is 0 Å². The van der Waals surface area contributed by atoms with E-state index >= 15 is 0 Å². The van der Waals surface area contributed by atoms with E-state index in [1.165, 1.54) is 28.1 Å². The van der Waals surface area contributed by atoms with E-state index in [9.17, 15) is 29.4 Å². The number of rotatable bonds is 12. The molecule has 4 rings (SSSR count). The molecule has 0 unspecified atom stereocenters. The Labute approximate surface area is 300 Å². The van der Waals surface area contributed by atoms with Crippen molar-refractivity contribution in [2.75, 3.05) is 14.2 Å². The van der Waals surface area contributed by atoms with Crippen LogP contribution < -0.4 is 21.3 Å². The number of ether oxygens (including phenoxy) is 2. The van der Waals surface area contributed by atoms with Gasteiger partial charge >= 0.3 is 12.2 Å². The Bertz CT molecular complexity index is 1770. The average molecular weight is 715 g/mol. The number of carbonyl (C=O) groups excluding carboxylic acids is 4. The largest absolute Gasteiger partial charge is 0.453 e. The van der Waals surface area contributed by atoms with Gasteiger partial charge in [0, 0.05) is 11.1 Å². The number of methoxy groups -OCH3 is 2. The van der Waals surface area contributed by atoms with E-state index in [-0.39, 0.29) is 0 Å². The zero-order valence-corrected chi connectivity index (χ0v) is 29.5. The number of nitrogens with zero attached hydrogens (tertiary/aromatic N) is 2. The van der Waals surface area contributed by atoms with E-state index in [0.29, 0.717) is 11.6 Å². The van der Waals surface area contributed by atoms with Gasteiger partial charge in [-0.25, -0.2) is 19.6 Å². The molecule has 0 fully saturated rings. The van der Waals surface area contributed by atoms with Crippen LogP contribution in [0.1, 0.15) is 62.6 Å². The highest BCUT2D eigenvalue weighted by Gasteiger charge is 2.29. The first-order valence-electron chi connectivity index (χ1n) is 16.3. The molecule has 0 radical (unpaired) electrons. The summed E-state index contributed by atoms with van der Waals surface area (Å²) in [5.41, 5.74) is 4.76. The first-order valence-corrected chi connectivity index (χ1v) is 16.3. The molecule has 0 spiro atoms. The Hall–Kier alpha value is -6.18. The Morgan fingerprint density at radius 3 is 1.27 bits per heavy atom. The van der Waals surface area contributed by atoms with Gasteiger partial charge in [0.15, 0.2) is 0 Å². The first kappa shape index (κ1) is 38.6. The lowest BCUT2D eigenvalue weighted by Crippen LogP contribution is -2.52. The molecule has 2 aromatic carbocycles. The van der Waals surface area contributed by atoms with Crippen LogP contribution in [0.4, 0.5) is 9.59 Å². The highest BCUT2D eigenvalue weighted by atomic mass is 16.5. The molecule has 0 aliphatic rings. The van der Waals surface area contributed by atoms with E-state index < -0.39 is 60.4 Å². The minimum atomic E-state index is -1.20. The molecule has 2 aromatic heterocycles. The van der Waals surface area contributed by atoms with Crippen LogP contribution in [0, 0.1) is 11.8 Å². The fourth-order valence-corrected chi connectivity index (χ4v) is 4.94. The van der Waals surface area contributed by atoms with Gasteiger partial charge in [0.25, 0.3) is 0 Å². The zero-order chi connectivity index (χ0) is 37.9. The minimum absolute atomic E-state index is 0.488. The second-order valence-electron chi connectivity index (χ2n) is 11.9. The molecule has 0 bridgehead atoms. The Balaban J connectivity index is 1.34. The molecule has 0 saturated carbocycles. The lowest BCUT2D eigenvalue weighted by molar-refractivity contribution is -0.127. The van der Waals surface area contributed by atoms with E-state index in [2.05, 4.69) is 62.5 Å². The van der Waals surface area contributed by atoms with Gasteiger partial charge in [-0.1, -0.05) is 36.1 Å². The van der Waals surface area contributed by atoms with Crippen LogP contribution in [0.15, 0.2) is 60.9 Å². The number of nitrogens with one attached hydrogen (secondary N) is 6. The number of benzene rings is 2. The van der Waals surface area contributed by atoms with Crippen molar-refractivity contribution < 1.29 is 38.9 Å². The fourth-order valence-electron chi connectivity index (χ4n) is 4.94. The molecule has 16 heteroatoms. The average Bonchev–Trinajstić information content (AvgIpc) is 3.83. The number of aliphatic hydroxyl groups is 2. The predicted octanol–water partition coefficient (Wildman–Crippen LogP) is 2.43. The van der Waals surface area contributed by atoms with Crippen LogP contribution in [0.3, 0.4) is 0 Å². The number of hydrogen-bond acceptors (Lipinski definition) is 10. The van der Waals surface area contributed by atoms with Crippen LogP contribution in [-0.2, 0) is 19.1 Å². The number of aromatic amines is 2. The minimum Gasteiger partial charge on any atom is -0.453 e. The molecule has 6 atom stereocenters. The number of alkyl carbamates (subject to hydrolysis) is 2. The number of H-pyrrole nitrogens is 2. The SMILES string of the molecule is COC(=O)N[C@H](C(=O)N[C@@H](C)c1ncc(-c2ccc(C#Cc3ccc(-c4cnc([C@H](C)NC(=O)[C@@H](NC(=O)OC)[C@@H](C)O)[nH]4)cc3)cc2)[nH]1)[C@@H](C)O. The first-order chi connectivity index (χ1) is 24.8. The van der Waals surface area contributed by atoms with Crippen LogP contribution in [0.5, 0.6) is 0 Å². The molecular weight excluding hydrogens is 672 g/mol. The van der Waals surface area contributed by atoms with E-state index in [1.807, 2.05) is 48.5 Å². The summed E-state index contributed by atoms with van der Waals surface area (Å²) in [6, 6.07) is 11.6. The molecule has 0 saturated heterocycles. The molecule has 4 aromatic rings. The van der Waals surface area contributed by atoms with Crippen molar-refractivity contribution in [3.05, 3.63) is 83.7 Å². The third kappa shape index (κ3) is 10.2. The van der Waals surface area contributed by atoms with Crippen molar-refractivity contribution in [1.29, 1.82) is 0 Å². The maximum atomic E-state index is 12.7. The van der Waals surface area contributed by atoms with Crippen molar-refractivity contribution in [3.63, 3.8) is 0 Å². The molecule has 0 aliphatic heterocycles. The molecule has 52 heavy (non-hydrogen) atoms. The monoisotopic (exact) mass is 714 g/mol. The van der Waals surface area contributed by atoms with Gasteiger partial charge in [-0.3, -0.25) is 9.59 Å². The van der Waals surface area contributed by atoms with E-state index in [1.54, 1.807) is 26.2 Å². The van der Waals surface area contributed by atoms with Gasteiger partial charge in [-0.15, -0.1) is 0 Å². The highest BCUT2D eigenvalue weighted by molar-refractivity contribution is 5.87. The van der Waals surface area contributed by atoms with Crippen LogP contribution in [-0.4, -0.2) is 92.7 Å². The molecule has 16 nitrogen and oxygen atoms in total.